The van der Waals surface area contributed by atoms with Crippen LogP contribution < -0.4 is 11.1 Å². The van der Waals surface area contributed by atoms with Gasteiger partial charge in [-0.1, -0.05) is 11.6 Å². The summed E-state index contributed by atoms with van der Waals surface area (Å²) < 4.78 is 16.5. The van der Waals surface area contributed by atoms with Crippen molar-refractivity contribution in [3.05, 3.63) is 28.8 Å². The molecule has 82 valence electrons. The molecule has 15 heavy (non-hydrogen) atoms. The molecule has 0 unspecified atom stereocenters. The topological polar surface area (TPSA) is 41.3 Å². The minimum Gasteiger partial charge on any atom is -0.398 e. The molecule has 0 aromatic heterocycles. The first-order chi connectivity index (χ1) is 8.01. The van der Waals surface area contributed by atoms with E-state index in [9.17, 15) is 0 Å². The average Bonchev–Trinajstić information content (AvgIpc) is 2.33. The zero-order chi connectivity index (χ0) is 12.5. The third-order valence-corrected chi connectivity index (χ3v) is 2.65. The van der Waals surface area contributed by atoms with Gasteiger partial charge < -0.3 is 11.1 Å². The summed E-state index contributed by atoms with van der Waals surface area (Å²) in [7, 11) is 0. The van der Waals surface area contributed by atoms with Gasteiger partial charge in [0, 0.05) is 46.1 Å². The van der Waals surface area contributed by atoms with E-state index in [1.807, 2.05) is 0 Å². The maximum absolute atomic E-state index is 8.23. The highest BCUT2D eigenvalue weighted by molar-refractivity contribution is 6.30. The van der Waals surface area contributed by atoms with Crippen molar-refractivity contribution >= 4 is 17.3 Å². The predicted molar refractivity (Wildman–Crippen MR) is 64.0 cm³/mol. The van der Waals surface area contributed by atoms with E-state index in [0.717, 1.165) is 13.1 Å². The zero-order valence-electron chi connectivity index (χ0n) is 10.5. The molecule has 4 heteroatoms. The molecule has 0 aliphatic carbocycles. The summed E-state index contributed by atoms with van der Waals surface area (Å²) in [4.78, 5) is 1.78. The molecule has 1 aliphatic heterocycles. The van der Waals surface area contributed by atoms with Crippen LogP contribution in [0, 0.1) is 0 Å². The van der Waals surface area contributed by atoms with E-state index in [0.29, 0.717) is 29.4 Å². The first-order valence-electron chi connectivity index (χ1n) is 6.03. The number of nitrogens with two attached hydrogens (primary N) is 1. The van der Waals surface area contributed by atoms with E-state index < -0.39 is 6.50 Å². The summed E-state index contributed by atoms with van der Waals surface area (Å²) in [6.07, 6.45) is 0. The second-order valence-corrected chi connectivity index (χ2v) is 4.02. The van der Waals surface area contributed by atoms with Crippen LogP contribution in [0.25, 0.3) is 0 Å². The fourth-order valence-electron chi connectivity index (χ4n) is 1.57. The van der Waals surface area contributed by atoms with Gasteiger partial charge in [0.15, 0.2) is 0 Å². The van der Waals surface area contributed by atoms with Gasteiger partial charge in [-0.05, 0) is 23.8 Å². The van der Waals surface area contributed by atoms with Gasteiger partial charge in [0.1, 0.15) is 0 Å². The van der Waals surface area contributed by atoms with Crippen LogP contribution in [-0.2, 0) is 6.50 Å². The lowest BCUT2D eigenvalue weighted by Gasteiger charge is -2.27. The summed E-state index contributed by atoms with van der Waals surface area (Å²) >= 11 is 5.91. The van der Waals surface area contributed by atoms with Crippen LogP contribution in [0.15, 0.2) is 18.2 Å². The van der Waals surface area contributed by atoms with Gasteiger partial charge in [-0.25, -0.2) is 0 Å². The molecule has 0 atom stereocenters. The van der Waals surface area contributed by atoms with E-state index in [-0.39, 0.29) is 0 Å². The number of hydrogen-bond donors (Lipinski definition) is 2. The maximum atomic E-state index is 8.23. The van der Waals surface area contributed by atoms with Gasteiger partial charge in [0.05, 0.1) is 0 Å². The van der Waals surface area contributed by atoms with Crippen molar-refractivity contribution in [2.24, 2.45) is 0 Å². The van der Waals surface area contributed by atoms with Gasteiger partial charge in [0.2, 0.25) is 0 Å². The number of rotatable bonds is 2. The lowest BCUT2D eigenvalue weighted by Crippen LogP contribution is -2.42. The third-order valence-electron chi connectivity index (χ3n) is 2.41. The summed E-state index contributed by atoms with van der Waals surface area (Å²) in [5.41, 5.74) is 6.73. The maximum Gasteiger partial charge on any atom is 0.0482 e. The Morgan fingerprint density at radius 1 is 1.47 bits per heavy atom. The second kappa shape index (κ2) is 4.84. The van der Waals surface area contributed by atoms with E-state index in [2.05, 4.69) is 5.32 Å². The van der Waals surface area contributed by atoms with E-state index in [4.69, 9.17) is 20.1 Å². The molecular weight excluding hydrogens is 210 g/mol. The number of hydrogen-bond acceptors (Lipinski definition) is 3. The predicted octanol–water partition coefficient (Wildman–Crippen LogP) is 1.33. The molecule has 1 saturated heterocycles. The Bertz CT molecular complexity index is 406. The molecule has 1 fully saturated rings. The van der Waals surface area contributed by atoms with E-state index in [1.54, 1.807) is 23.1 Å². The molecule has 1 aromatic carbocycles. The Hall–Kier alpha value is -0.770. The zero-order valence-corrected chi connectivity index (χ0v) is 9.22. The van der Waals surface area contributed by atoms with Crippen molar-refractivity contribution in [2.75, 3.05) is 31.9 Å². The van der Waals surface area contributed by atoms with Gasteiger partial charge in [0.25, 0.3) is 0 Å². The Morgan fingerprint density at radius 3 is 2.93 bits per heavy atom. The van der Waals surface area contributed by atoms with Crippen molar-refractivity contribution in [3.63, 3.8) is 0 Å². The fourth-order valence-corrected chi connectivity index (χ4v) is 1.74. The van der Waals surface area contributed by atoms with Crippen LogP contribution in [0.2, 0.25) is 5.02 Å². The molecule has 1 heterocycles. The second-order valence-electron chi connectivity index (χ2n) is 3.58. The van der Waals surface area contributed by atoms with E-state index in [1.165, 1.54) is 0 Å². The SMILES string of the molecule is [2H]C([2H])(c1cc(Cl)ccc1N)N1CCNCC1. The van der Waals surface area contributed by atoms with Gasteiger partial charge in [-0.2, -0.15) is 0 Å². The minimum absolute atomic E-state index is 0.443. The van der Waals surface area contributed by atoms with Gasteiger partial charge in [-0.3, -0.25) is 4.90 Å². The highest BCUT2D eigenvalue weighted by Gasteiger charge is 2.11. The highest BCUT2D eigenvalue weighted by atomic mass is 35.5. The quantitative estimate of drug-likeness (QED) is 0.749. The van der Waals surface area contributed by atoms with Crippen molar-refractivity contribution in [2.45, 2.75) is 6.50 Å². The summed E-state index contributed by atoms with van der Waals surface area (Å²) in [6.45, 7) is 1.34. The van der Waals surface area contributed by atoms with Crippen LogP contribution in [0.1, 0.15) is 8.30 Å². The number of halogens is 1. The molecule has 3 nitrogen and oxygen atoms in total. The molecule has 0 amide bonds. The van der Waals surface area contributed by atoms with Crippen molar-refractivity contribution in [3.8, 4) is 0 Å². The Kier molecular flexibility index (Phi) is 2.70. The molecule has 1 aliphatic rings. The molecular formula is C11H16ClN3. The molecule has 0 bridgehead atoms. The number of nitrogen functional groups attached to an aromatic ring is 1. The number of benzene rings is 1. The highest BCUT2D eigenvalue weighted by Crippen LogP contribution is 2.19. The smallest absolute Gasteiger partial charge is 0.0482 e. The average molecular weight is 228 g/mol. The van der Waals surface area contributed by atoms with Crippen molar-refractivity contribution < 1.29 is 2.74 Å². The monoisotopic (exact) mass is 227 g/mol. The largest absolute Gasteiger partial charge is 0.398 e. The standard InChI is InChI=1S/C11H16ClN3/c12-10-1-2-11(13)9(7-10)8-15-5-3-14-4-6-15/h1-2,7,14H,3-6,8,13H2/i8D2. The minimum atomic E-state index is -1.57. The first-order valence-corrected chi connectivity index (χ1v) is 5.41. The van der Waals surface area contributed by atoms with Gasteiger partial charge in [-0.15, -0.1) is 0 Å². The lowest BCUT2D eigenvalue weighted by atomic mass is 10.1. The molecule has 0 radical (unpaired) electrons. The first kappa shape index (κ1) is 8.39. The summed E-state index contributed by atoms with van der Waals surface area (Å²) in [5.74, 6) is 0. The van der Waals surface area contributed by atoms with Gasteiger partial charge >= 0.3 is 0 Å². The summed E-state index contributed by atoms with van der Waals surface area (Å²) in [5, 5.41) is 3.71. The molecule has 3 N–H and O–H groups in total. The number of anilines is 1. The van der Waals surface area contributed by atoms with Crippen molar-refractivity contribution in [1.82, 2.24) is 10.2 Å². The Labute approximate surface area is 98.0 Å². The molecule has 0 spiro atoms. The normalized spacial score (nSPS) is 20.9. The lowest BCUT2D eigenvalue weighted by molar-refractivity contribution is 0.233. The number of nitrogens with zero attached hydrogens (tertiary/aromatic N) is 1. The third kappa shape index (κ3) is 2.84. The molecule has 0 saturated carbocycles. The molecule has 2 rings (SSSR count). The number of nitrogens with one attached hydrogen (secondary N) is 1. The van der Waals surface area contributed by atoms with Crippen LogP contribution in [-0.4, -0.2) is 31.1 Å². The van der Waals surface area contributed by atoms with Crippen LogP contribution >= 0.6 is 11.6 Å². The Morgan fingerprint density at radius 2 is 2.20 bits per heavy atom. The van der Waals surface area contributed by atoms with Crippen molar-refractivity contribution in [1.29, 1.82) is 0 Å². The van der Waals surface area contributed by atoms with Crippen LogP contribution in [0.3, 0.4) is 0 Å². The molecule has 1 aromatic rings. The Balaban J connectivity index is 2.32. The van der Waals surface area contributed by atoms with Crippen LogP contribution in [0.5, 0.6) is 0 Å². The summed E-state index contributed by atoms with van der Waals surface area (Å²) in [6, 6.07) is 4.94. The van der Waals surface area contributed by atoms with Crippen LogP contribution in [0.4, 0.5) is 5.69 Å². The number of piperazine rings is 1. The van der Waals surface area contributed by atoms with E-state index >= 15 is 0 Å². The fraction of sp³-hybridized carbons (Fsp3) is 0.455.